The number of nitrogen functional groups attached to an aromatic ring is 1. The molecule has 0 saturated heterocycles. The molecule has 1 aromatic carbocycles. The fraction of sp³-hybridized carbons (Fsp3) is 0. The predicted molar refractivity (Wildman–Crippen MR) is 68.8 cm³/mol. The van der Waals surface area contributed by atoms with Crippen LogP contribution in [0.1, 0.15) is 5.56 Å². The van der Waals surface area contributed by atoms with E-state index in [0.29, 0.717) is 26.7 Å². The first kappa shape index (κ1) is 11.7. The molecule has 0 aliphatic heterocycles. The van der Waals surface area contributed by atoms with Crippen molar-refractivity contribution in [2.75, 3.05) is 5.73 Å². The molecular weight excluding hydrogens is 257 g/mol. The molecule has 0 radical (unpaired) electrons. The first-order valence-electron chi connectivity index (χ1n) is 4.74. The first-order valence-corrected chi connectivity index (χ1v) is 5.49. The van der Waals surface area contributed by atoms with Crippen LogP contribution in [0.2, 0.25) is 10.0 Å². The zero-order valence-corrected chi connectivity index (χ0v) is 10.1. The maximum absolute atomic E-state index is 9.05. The minimum atomic E-state index is 0.258. The van der Waals surface area contributed by atoms with Crippen molar-refractivity contribution in [1.29, 1.82) is 5.26 Å². The van der Waals surface area contributed by atoms with Gasteiger partial charge in [0.2, 0.25) is 0 Å². The van der Waals surface area contributed by atoms with Crippen LogP contribution in [-0.2, 0) is 0 Å². The third-order valence-corrected chi connectivity index (χ3v) is 3.14. The van der Waals surface area contributed by atoms with Gasteiger partial charge >= 0.3 is 0 Å². The Bertz CT molecular complexity index is 618. The molecule has 84 valence electrons. The number of nitrogens with zero attached hydrogens (tertiary/aromatic N) is 2. The second kappa shape index (κ2) is 4.62. The van der Waals surface area contributed by atoms with Gasteiger partial charge in [0.1, 0.15) is 5.82 Å². The average molecular weight is 264 g/mol. The van der Waals surface area contributed by atoms with E-state index in [9.17, 15) is 0 Å². The van der Waals surface area contributed by atoms with Gasteiger partial charge < -0.3 is 5.73 Å². The molecule has 0 fully saturated rings. The van der Waals surface area contributed by atoms with Gasteiger partial charge in [0.25, 0.3) is 0 Å². The molecular formula is C12H7Cl2N3. The largest absolute Gasteiger partial charge is 0.383 e. The van der Waals surface area contributed by atoms with Crippen LogP contribution in [0, 0.1) is 11.3 Å². The number of aromatic nitrogens is 1. The predicted octanol–water partition coefficient (Wildman–Crippen LogP) is 3.51. The monoisotopic (exact) mass is 263 g/mol. The molecule has 17 heavy (non-hydrogen) atoms. The summed E-state index contributed by atoms with van der Waals surface area (Å²) in [6, 6.07) is 8.82. The number of benzene rings is 1. The Morgan fingerprint density at radius 2 is 2.00 bits per heavy atom. The Morgan fingerprint density at radius 1 is 1.24 bits per heavy atom. The maximum atomic E-state index is 9.05. The van der Waals surface area contributed by atoms with E-state index in [0.717, 1.165) is 0 Å². The number of anilines is 1. The van der Waals surface area contributed by atoms with Gasteiger partial charge in [-0.25, -0.2) is 4.98 Å². The number of rotatable bonds is 1. The molecule has 0 amide bonds. The quantitative estimate of drug-likeness (QED) is 0.857. The molecule has 0 aliphatic rings. The van der Waals surface area contributed by atoms with Crippen molar-refractivity contribution >= 4 is 29.0 Å². The van der Waals surface area contributed by atoms with E-state index in [2.05, 4.69) is 11.1 Å². The van der Waals surface area contributed by atoms with Gasteiger partial charge in [-0.2, -0.15) is 5.26 Å². The van der Waals surface area contributed by atoms with Crippen molar-refractivity contribution in [1.82, 2.24) is 4.98 Å². The zero-order chi connectivity index (χ0) is 12.4. The second-order valence-corrected chi connectivity index (χ2v) is 4.12. The summed E-state index contributed by atoms with van der Waals surface area (Å²) in [5.41, 5.74) is 7.33. The van der Waals surface area contributed by atoms with Crippen molar-refractivity contribution in [3.63, 3.8) is 0 Å². The third kappa shape index (κ3) is 2.05. The maximum Gasteiger partial charge on any atom is 0.132 e. The highest BCUT2D eigenvalue weighted by atomic mass is 35.5. The molecule has 1 heterocycles. The Hall–Kier alpha value is -1.76. The van der Waals surface area contributed by atoms with Crippen molar-refractivity contribution in [3.05, 3.63) is 46.1 Å². The minimum Gasteiger partial charge on any atom is -0.383 e. The Balaban J connectivity index is 2.78. The van der Waals surface area contributed by atoms with Crippen LogP contribution in [0.5, 0.6) is 0 Å². The van der Waals surface area contributed by atoms with Crippen LogP contribution in [-0.4, -0.2) is 4.98 Å². The summed E-state index contributed by atoms with van der Waals surface area (Å²) in [5.74, 6) is 0.258. The highest BCUT2D eigenvalue weighted by Crippen LogP contribution is 2.37. The van der Waals surface area contributed by atoms with Gasteiger partial charge in [0.15, 0.2) is 0 Å². The average Bonchev–Trinajstić information content (AvgIpc) is 2.33. The molecule has 0 unspecified atom stereocenters. The molecule has 0 spiro atoms. The van der Waals surface area contributed by atoms with Crippen molar-refractivity contribution in [2.24, 2.45) is 0 Å². The molecule has 3 nitrogen and oxygen atoms in total. The highest BCUT2D eigenvalue weighted by molar-refractivity contribution is 6.43. The van der Waals surface area contributed by atoms with Gasteiger partial charge in [-0.3, -0.25) is 0 Å². The number of halogens is 2. The van der Waals surface area contributed by atoms with Crippen LogP contribution in [0.25, 0.3) is 11.1 Å². The van der Waals surface area contributed by atoms with E-state index in [4.69, 9.17) is 34.2 Å². The molecule has 2 aromatic rings. The lowest BCUT2D eigenvalue weighted by molar-refractivity contribution is 1.32. The van der Waals surface area contributed by atoms with Crippen molar-refractivity contribution in [2.45, 2.75) is 0 Å². The van der Waals surface area contributed by atoms with Crippen LogP contribution < -0.4 is 5.73 Å². The van der Waals surface area contributed by atoms with Crippen molar-refractivity contribution < 1.29 is 0 Å². The van der Waals surface area contributed by atoms with Crippen LogP contribution in [0.3, 0.4) is 0 Å². The van der Waals surface area contributed by atoms with E-state index in [1.165, 1.54) is 6.20 Å². The lowest BCUT2D eigenvalue weighted by atomic mass is 10.0. The van der Waals surface area contributed by atoms with E-state index < -0.39 is 0 Å². The Morgan fingerprint density at radius 3 is 2.71 bits per heavy atom. The van der Waals surface area contributed by atoms with Gasteiger partial charge in [-0.1, -0.05) is 35.3 Å². The van der Waals surface area contributed by atoms with E-state index in [1.54, 1.807) is 24.3 Å². The van der Waals surface area contributed by atoms with Crippen LogP contribution in [0.15, 0.2) is 30.5 Å². The number of hydrogen-bond acceptors (Lipinski definition) is 3. The van der Waals surface area contributed by atoms with Gasteiger partial charge in [0, 0.05) is 17.3 Å². The molecule has 2 N–H and O–H groups in total. The van der Waals surface area contributed by atoms with Crippen LogP contribution >= 0.6 is 23.2 Å². The minimum absolute atomic E-state index is 0.258. The lowest BCUT2D eigenvalue weighted by Gasteiger charge is -2.09. The lowest BCUT2D eigenvalue weighted by Crippen LogP contribution is -1.97. The molecule has 2 rings (SSSR count). The molecule has 0 bridgehead atoms. The fourth-order valence-corrected chi connectivity index (χ4v) is 1.95. The standard InChI is InChI=1S/C12H7Cl2N3/c13-9-3-1-2-8(11(9)14)10-7(6-15)4-5-17-12(10)16/h1-5H,(H2,16,17). The number of hydrogen-bond donors (Lipinski definition) is 1. The van der Waals surface area contributed by atoms with E-state index in [-0.39, 0.29) is 5.82 Å². The molecule has 0 saturated carbocycles. The number of pyridine rings is 1. The summed E-state index contributed by atoms with van der Waals surface area (Å²) >= 11 is 12.0. The van der Waals surface area contributed by atoms with Gasteiger partial charge in [-0.15, -0.1) is 0 Å². The molecule has 5 heteroatoms. The number of nitriles is 1. The normalized spacial score (nSPS) is 9.94. The first-order chi connectivity index (χ1) is 8.15. The smallest absolute Gasteiger partial charge is 0.132 e. The van der Waals surface area contributed by atoms with Gasteiger partial charge in [0.05, 0.1) is 21.7 Å². The Labute approximate surface area is 108 Å². The summed E-state index contributed by atoms with van der Waals surface area (Å²) in [5, 5.41) is 9.83. The van der Waals surface area contributed by atoms with Gasteiger partial charge in [-0.05, 0) is 12.1 Å². The summed E-state index contributed by atoms with van der Waals surface area (Å²) in [7, 11) is 0. The van der Waals surface area contributed by atoms with Crippen LogP contribution in [0.4, 0.5) is 5.82 Å². The molecule has 0 atom stereocenters. The van der Waals surface area contributed by atoms with E-state index in [1.807, 2.05) is 0 Å². The van der Waals surface area contributed by atoms with E-state index >= 15 is 0 Å². The Kier molecular flexibility index (Phi) is 3.19. The second-order valence-electron chi connectivity index (χ2n) is 3.33. The molecule has 1 aromatic heterocycles. The van der Waals surface area contributed by atoms with Crippen molar-refractivity contribution in [3.8, 4) is 17.2 Å². The molecule has 0 aliphatic carbocycles. The summed E-state index contributed by atoms with van der Waals surface area (Å²) in [6.45, 7) is 0. The summed E-state index contributed by atoms with van der Waals surface area (Å²) < 4.78 is 0. The topological polar surface area (TPSA) is 62.7 Å². The zero-order valence-electron chi connectivity index (χ0n) is 8.61. The SMILES string of the molecule is N#Cc1ccnc(N)c1-c1cccc(Cl)c1Cl. The summed E-state index contributed by atoms with van der Waals surface area (Å²) in [4.78, 5) is 3.96. The number of nitrogens with two attached hydrogens (primary N) is 1. The fourth-order valence-electron chi connectivity index (χ4n) is 1.55. The third-order valence-electron chi connectivity index (χ3n) is 2.32. The highest BCUT2D eigenvalue weighted by Gasteiger charge is 2.14. The summed E-state index contributed by atoms with van der Waals surface area (Å²) in [6.07, 6.45) is 1.48.